The van der Waals surface area contributed by atoms with E-state index in [-0.39, 0.29) is 5.02 Å². The molecule has 0 aliphatic heterocycles. The van der Waals surface area contributed by atoms with Crippen molar-refractivity contribution >= 4 is 23.2 Å². The molecule has 2 rings (SSSR count). The zero-order valence-corrected chi connectivity index (χ0v) is 13.0. The number of hydrogen-bond acceptors (Lipinski definition) is 1. The number of rotatable bonds is 5. The van der Waals surface area contributed by atoms with E-state index in [0.717, 1.165) is 36.2 Å². The van der Waals surface area contributed by atoms with Gasteiger partial charge in [-0.15, -0.1) is 0 Å². The highest BCUT2D eigenvalue weighted by atomic mass is 35.5. The number of benzene rings is 2. The molecule has 5 heteroatoms. The Morgan fingerprint density at radius 1 is 1.00 bits per heavy atom. The minimum absolute atomic E-state index is 0.174. The Morgan fingerprint density at radius 2 is 1.71 bits per heavy atom. The normalized spacial score (nSPS) is 10.9. The Bertz CT molecular complexity index is 644. The molecule has 0 atom stereocenters. The van der Waals surface area contributed by atoms with Gasteiger partial charge in [0.05, 0.1) is 5.02 Å². The van der Waals surface area contributed by atoms with Gasteiger partial charge in [0.1, 0.15) is 0 Å². The van der Waals surface area contributed by atoms with E-state index in [2.05, 4.69) is 12.2 Å². The first-order valence-corrected chi connectivity index (χ1v) is 7.42. The summed E-state index contributed by atoms with van der Waals surface area (Å²) in [6.07, 6.45) is 1.00. The molecule has 21 heavy (non-hydrogen) atoms. The highest BCUT2D eigenvalue weighted by molar-refractivity contribution is 6.33. The third kappa shape index (κ3) is 3.94. The third-order valence-electron chi connectivity index (χ3n) is 3.11. The van der Waals surface area contributed by atoms with Gasteiger partial charge in [0.2, 0.25) is 0 Å². The molecule has 0 saturated heterocycles. The number of nitrogens with one attached hydrogen (secondary N) is 1. The van der Waals surface area contributed by atoms with Crippen LogP contribution in [0.2, 0.25) is 10.0 Å². The second kappa shape index (κ2) is 7.21. The van der Waals surface area contributed by atoms with E-state index in [1.807, 2.05) is 0 Å². The molecule has 0 saturated carbocycles. The van der Waals surface area contributed by atoms with E-state index < -0.39 is 11.6 Å². The molecule has 0 heterocycles. The molecule has 0 spiro atoms. The van der Waals surface area contributed by atoms with E-state index in [0.29, 0.717) is 17.1 Å². The standard InChI is InChI=1S/C16H15Cl2F2N/c1-2-5-21-9-10-6-11(17)3-4-12(10)13-7-15(19)16(20)8-14(13)18/h3-4,6-8,21H,2,5,9H2,1H3. The first kappa shape index (κ1) is 16.2. The second-order valence-electron chi connectivity index (χ2n) is 4.72. The fraction of sp³-hybridized carbons (Fsp3) is 0.250. The summed E-state index contributed by atoms with van der Waals surface area (Å²) in [4.78, 5) is 0. The van der Waals surface area contributed by atoms with Crippen molar-refractivity contribution in [2.24, 2.45) is 0 Å². The van der Waals surface area contributed by atoms with Gasteiger partial charge >= 0.3 is 0 Å². The number of halogens is 4. The highest BCUT2D eigenvalue weighted by Gasteiger charge is 2.13. The van der Waals surface area contributed by atoms with Crippen molar-refractivity contribution in [3.63, 3.8) is 0 Å². The van der Waals surface area contributed by atoms with Crippen molar-refractivity contribution in [3.8, 4) is 11.1 Å². The molecule has 2 aromatic carbocycles. The fourth-order valence-corrected chi connectivity index (χ4v) is 2.55. The van der Waals surface area contributed by atoms with E-state index in [1.165, 1.54) is 0 Å². The minimum atomic E-state index is -0.955. The molecule has 2 aromatic rings. The molecule has 0 aliphatic carbocycles. The van der Waals surface area contributed by atoms with Crippen LogP contribution >= 0.6 is 23.2 Å². The lowest BCUT2D eigenvalue weighted by Crippen LogP contribution is -2.14. The Balaban J connectivity index is 2.45. The zero-order chi connectivity index (χ0) is 15.4. The smallest absolute Gasteiger partial charge is 0.160 e. The lowest BCUT2D eigenvalue weighted by molar-refractivity contribution is 0.509. The van der Waals surface area contributed by atoms with Crippen LogP contribution in [0.3, 0.4) is 0 Å². The lowest BCUT2D eigenvalue weighted by Gasteiger charge is -2.13. The third-order valence-corrected chi connectivity index (χ3v) is 3.66. The van der Waals surface area contributed by atoms with Gasteiger partial charge in [-0.3, -0.25) is 0 Å². The molecule has 0 bridgehead atoms. The van der Waals surface area contributed by atoms with Crippen LogP contribution in [0.15, 0.2) is 30.3 Å². The molecule has 0 unspecified atom stereocenters. The number of hydrogen-bond donors (Lipinski definition) is 1. The van der Waals surface area contributed by atoms with Crippen LogP contribution in [0, 0.1) is 11.6 Å². The summed E-state index contributed by atoms with van der Waals surface area (Å²) >= 11 is 12.1. The van der Waals surface area contributed by atoms with Crippen molar-refractivity contribution < 1.29 is 8.78 Å². The molecule has 1 N–H and O–H groups in total. The quantitative estimate of drug-likeness (QED) is 0.569. The van der Waals surface area contributed by atoms with Crippen LogP contribution in [0.25, 0.3) is 11.1 Å². The van der Waals surface area contributed by atoms with Gasteiger partial charge < -0.3 is 5.32 Å². The zero-order valence-electron chi connectivity index (χ0n) is 11.5. The summed E-state index contributed by atoms with van der Waals surface area (Å²) in [5.74, 6) is -1.87. The van der Waals surface area contributed by atoms with Crippen LogP contribution in [-0.4, -0.2) is 6.54 Å². The predicted molar refractivity (Wildman–Crippen MR) is 83.8 cm³/mol. The minimum Gasteiger partial charge on any atom is -0.313 e. The molecule has 0 fully saturated rings. The van der Waals surface area contributed by atoms with Gasteiger partial charge in [0, 0.05) is 17.1 Å². The van der Waals surface area contributed by atoms with Gasteiger partial charge in [-0.05, 0) is 48.4 Å². The van der Waals surface area contributed by atoms with Gasteiger partial charge in [-0.2, -0.15) is 0 Å². The van der Waals surface area contributed by atoms with E-state index in [4.69, 9.17) is 23.2 Å². The summed E-state index contributed by atoms with van der Waals surface area (Å²) < 4.78 is 26.7. The molecular weight excluding hydrogens is 315 g/mol. The second-order valence-corrected chi connectivity index (χ2v) is 5.57. The van der Waals surface area contributed by atoms with Gasteiger partial charge in [0.15, 0.2) is 11.6 Å². The molecule has 112 valence electrons. The lowest BCUT2D eigenvalue weighted by atomic mass is 9.99. The maximum atomic E-state index is 13.5. The van der Waals surface area contributed by atoms with Crippen molar-refractivity contribution in [3.05, 3.63) is 57.6 Å². The summed E-state index contributed by atoms with van der Waals surface area (Å²) in [7, 11) is 0. The fourth-order valence-electron chi connectivity index (χ4n) is 2.10. The van der Waals surface area contributed by atoms with Crippen molar-refractivity contribution in [2.75, 3.05) is 6.54 Å². The maximum absolute atomic E-state index is 13.5. The van der Waals surface area contributed by atoms with E-state index in [9.17, 15) is 8.78 Å². The highest BCUT2D eigenvalue weighted by Crippen LogP contribution is 2.33. The average Bonchev–Trinajstić information content (AvgIpc) is 2.44. The summed E-state index contributed by atoms with van der Waals surface area (Å²) in [5.41, 5.74) is 2.09. The van der Waals surface area contributed by atoms with Crippen LogP contribution in [-0.2, 0) is 6.54 Å². The Hall–Kier alpha value is -1.16. The molecule has 0 radical (unpaired) electrons. The van der Waals surface area contributed by atoms with Crippen LogP contribution in [0.4, 0.5) is 8.78 Å². The Labute approximate surface area is 132 Å². The van der Waals surface area contributed by atoms with Crippen molar-refractivity contribution in [1.82, 2.24) is 5.32 Å². The van der Waals surface area contributed by atoms with Gasteiger partial charge in [0.25, 0.3) is 0 Å². The van der Waals surface area contributed by atoms with Crippen LogP contribution in [0.1, 0.15) is 18.9 Å². The van der Waals surface area contributed by atoms with Crippen molar-refractivity contribution in [1.29, 1.82) is 0 Å². The van der Waals surface area contributed by atoms with Crippen LogP contribution < -0.4 is 5.32 Å². The largest absolute Gasteiger partial charge is 0.313 e. The Morgan fingerprint density at radius 3 is 2.43 bits per heavy atom. The van der Waals surface area contributed by atoms with Gasteiger partial charge in [-0.1, -0.05) is 36.2 Å². The monoisotopic (exact) mass is 329 g/mol. The SMILES string of the molecule is CCCNCc1cc(Cl)ccc1-c1cc(F)c(F)cc1Cl. The molecular formula is C16H15Cl2F2N. The summed E-state index contributed by atoms with van der Waals surface area (Å²) in [5, 5.41) is 4.03. The van der Waals surface area contributed by atoms with E-state index >= 15 is 0 Å². The van der Waals surface area contributed by atoms with Gasteiger partial charge in [-0.25, -0.2) is 8.78 Å². The first-order valence-electron chi connectivity index (χ1n) is 6.67. The van der Waals surface area contributed by atoms with E-state index in [1.54, 1.807) is 18.2 Å². The van der Waals surface area contributed by atoms with Crippen molar-refractivity contribution in [2.45, 2.75) is 19.9 Å². The maximum Gasteiger partial charge on any atom is 0.160 e. The predicted octanol–water partition coefficient (Wildman–Crippen LogP) is 5.44. The van der Waals surface area contributed by atoms with Crippen LogP contribution in [0.5, 0.6) is 0 Å². The Kier molecular flexibility index (Phi) is 5.57. The average molecular weight is 330 g/mol. The molecule has 1 nitrogen and oxygen atoms in total. The molecule has 0 aromatic heterocycles. The first-order chi connectivity index (χ1) is 10.0. The topological polar surface area (TPSA) is 12.0 Å². The summed E-state index contributed by atoms with van der Waals surface area (Å²) in [6.45, 7) is 3.51. The molecule has 0 amide bonds. The summed E-state index contributed by atoms with van der Waals surface area (Å²) in [6, 6.07) is 7.38. The molecule has 0 aliphatic rings.